The Balaban J connectivity index is 1.68. The number of carbonyl (C=O) groups excluding carboxylic acids is 1. The second-order valence-corrected chi connectivity index (χ2v) is 6.47. The summed E-state index contributed by atoms with van der Waals surface area (Å²) in [6.45, 7) is 1.36. The van der Waals surface area contributed by atoms with Crippen LogP contribution in [0.2, 0.25) is 5.02 Å². The van der Waals surface area contributed by atoms with E-state index in [1.807, 2.05) is 17.0 Å². The summed E-state index contributed by atoms with van der Waals surface area (Å²) in [5, 5.41) is -0.572. The van der Waals surface area contributed by atoms with Gasteiger partial charge in [-0.15, -0.1) is 0 Å². The molecule has 0 aliphatic carbocycles. The zero-order valence-electron chi connectivity index (χ0n) is 14.1. The number of anilines is 1. The largest absolute Gasteiger partial charge is 0.417 e. The van der Waals surface area contributed by atoms with Gasteiger partial charge < -0.3 is 14.4 Å². The Labute approximate surface area is 157 Å². The molecule has 0 saturated carbocycles. The van der Waals surface area contributed by atoms with Crippen LogP contribution in [0.15, 0.2) is 41.5 Å². The zero-order chi connectivity index (χ0) is 19.6. The van der Waals surface area contributed by atoms with E-state index in [-0.39, 0.29) is 0 Å². The Bertz CT molecular complexity index is 878. The van der Waals surface area contributed by atoms with Gasteiger partial charge in [-0.1, -0.05) is 17.7 Å². The molecule has 0 unspecified atom stereocenters. The lowest BCUT2D eigenvalue weighted by Gasteiger charge is -2.35. The molecule has 3 rings (SSSR count). The minimum absolute atomic E-state index is 0.386. The van der Waals surface area contributed by atoms with Gasteiger partial charge >= 0.3 is 6.18 Å². The van der Waals surface area contributed by atoms with Gasteiger partial charge in [0.05, 0.1) is 5.56 Å². The van der Waals surface area contributed by atoms with Gasteiger partial charge in [-0.25, -0.2) is 4.98 Å². The van der Waals surface area contributed by atoms with Crippen LogP contribution in [0.1, 0.15) is 5.56 Å². The van der Waals surface area contributed by atoms with E-state index in [9.17, 15) is 22.8 Å². The second-order valence-electron chi connectivity index (χ2n) is 6.06. The fraction of sp³-hybridized carbons (Fsp3) is 0.353. The van der Waals surface area contributed by atoms with Crippen LogP contribution in [0.4, 0.5) is 19.0 Å². The maximum Gasteiger partial charge on any atom is 0.417 e. The third-order valence-corrected chi connectivity index (χ3v) is 4.55. The average Bonchev–Trinajstić information content (AvgIpc) is 2.65. The van der Waals surface area contributed by atoms with E-state index >= 15 is 0 Å². The molecule has 2 aromatic heterocycles. The maximum atomic E-state index is 12.9. The molecule has 6 nitrogen and oxygen atoms in total. The minimum Gasteiger partial charge on any atom is -0.353 e. The van der Waals surface area contributed by atoms with Crippen LogP contribution in [-0.2, 0) is 17.5 Å². The van der Waals surface area contributed by atoms with Crippen molar-refractivity contribution in [2.45, 2.75) is 12.7 Å². The Kier molecular flexibility index (Phi) is 5.41. The second kappa shape index (κ2) is 7.59. The van der Waals surface area contributed by atoms with Crippen molar-refractivity contribution in [2.24, 2.45) is 0 Å². The van der Waals surface area contributed by atoms with Crippen molar-refractivity contribution in [2.75, 3.05) is 31.1 Å². The summed E-state index contributed by atoms with van der Waals surface area (Å²) in [6, 6.07) is 6.10. The maximum absolute atomic E-state index is 12.9. The summed E-state index contributed by atoms with van der Waals surface area (Å²) in [6.07, 6.45) is -2.36. The van der Waals surface area contributed by atoms with Crippen molar-refractivity contribution < 1.29 is 18.0 Å². The monoisotopic (exact) mass is 400 g/mol. The van der Waals surface area contributed by atoms with E-state index in [2.05, 4.69) is 4.98 Å². The van der Waals surface area contributed by atoms with Gasteiger partial charge in [0.1, 0.15) is 17.4 Å². The summed E-state index contributed by atoms with van der Waals surface area (Å²) in [5.74, 6) is 0.360. The first-order chi connectivity index (χ1) is 12.8. The van der Waals surface area contributed by atoms with Crippen LogP contribution in [0.25, 0.3) is 0 Å². The third-order valence-electron chi connectivity index (χ3n) is 4.28. The molecule has 1 saturated heterocycles. The highest BCUT2D eigenvalue weighted by atomic mass is 35.5. The molecule has 1 amide bonds. The van der Waals surface area contributed by atoms with Gasteiger partial charge in [0.15, 0.2) is 0 Å². The molecular formula is C17H16ClF3N4O2. The molecule has 144 valence electrons. The van der Waals surface area contributed by atoms with Gasteiger partial charge in [0.25, 0.3) is 5.56 Å². The molecule has 27 heavy (non-hydrogen) atoms. The van der Waals surface area contributed by atoms with Crippen LogP contribution in [0.3, 0.4) is 0 Å². The van der Waals surface area contributed by atoms with Crippen molar-refractivity contribution in [3.63, 3.8) is 0 Å². The highest BCUT2D eigenvalue weighted by molar-refractivity contribution is 6.30. The normalized spacial score (nSPS) is 15.1. The van der Waals surface area contributed by atoms with E-state index in [4.69, 9.17) is 11.6 Å². The van der Waals surface area contributed by atoms with E-state index in [0.717, 1.165) is 5.82 Å². The molecule has 0 N–H and O–H groups in total. The fourth-order valence-corrected chi connectivity index (χ4v) is 3.07. The summed E-state index contributed by atoms with van der Waals surface area (Å²) in [5.41, 5.74) is -1.90. The Morgan fingerprint density at radius 2 is 1.89 bits per heavy atom. The Morgan fingerprint density at radius 3 is 2.48 bits per heavy atom. The number of amides is 1. The number of halogens is 4. The van der Waals surface area contributed by atoms with Gasteiger partial charge in [0, 0.05) is 38.6 Å². The molecule has 2 aromatic rings. The number of hydrogen-bond acceptors (Lipinski definition) is 4. The summed E-state index contributed by atoms with van der Waals surface area (Å²) in [4.78, 5) is 32.2. The molecule has 0 radical (unpaired) electrons. The van der Waals surface area contributed by atoms with E-state index in [0.29, 0.717) is 43.0 Å². The lowest BCUT2D eigenvalue weighted by Crippen LogP contribution is -2.50. The number of pyridine rings is 2. The lowest BCUT2D eigenvalue weighted by atomic mass is 10.2. The van der Waals surface area contributed by atoms with Crippen molar-refractivity contribution in [3.05, 3.63) is 57.6 Å². The molecule has 0 bridgehead atoms. The zero-order valence-corrected chi connectivity index (χ0v) is 14.9. The molecular weight excluding hydrogens is 385 g/mol. The van der Waals surface area contributed by atoms with Crippen molar-refractivity contribution in [3.8, 4) is 0 Å². The van der Waals surface area contributed by atoms with Crippen LogP contribution >= 0.6 is 11.6 Å². The quantitative estimate of drug-likeness (QED) is 0.793. The van der Waals surface area contributed by atoms with Gasteiger partial charge in [-0.3, -0.25) is 9.59 Å². The van der Waals surface area contributed by atoms with Crippen LogP contribution in [-0.4, -0.2) is 46.5 Å². The van der Waals surface area contributed by atoms with Gasteiger partial charge in [0.2, 0.25) is 5.91 Å². The number of carbonyl (C=O) groups is 1. The number of piperazine rings is 1. The van der Waals surface area contributed by atoms with Crippen molar-refractivity contribution in [1.29, 1.82) is 0 Å². The summed E-state index contributed by atoms with van der Waals surface area (Å²) < 4.78 is 39.4. The average molecular weight is 401 g/mol. The number of hydrogen-bond donors (Lipinski definition) is 0. The topological polar surface area (TPSA) is 58.4 Å². The lowest BCUT2D eigenvalue weighted by molar-refractivity contribution is -0.138. The first-order valence-electron chi connectivity index (χ1n) is 8.16. The van der Waals surface area contributed by atoms with Gasteiger partial charge in [-0.05, 0) is 18.2 Å². The molecule has 1 aliphatic rings. The van der Waals surface area contributed by atoms with Crippen molar-refractivity contribution in [1.82, 2.24) is 14.5 Å². The number of nitrogens with zero attached hydrogens (tertiary/aromatic N) is 4. The molecule has 0 spiro atoms. The number of aromatic nitrogens is 2. The standard InChI is InChI=1S/C17H16ClF3N4O2/c18-13-9-12(17(19,20)21)10-25(16(13)27)11-15(26)24-7-5-23(6-8-24)14-3-1-2-4-22-14/h1-4,9-10H,5-8,11H2. The van der Waals surface area contributed by atoms with Crippen LogP contribution in [0.5, 0.6) is 0 Å². The van der Waals surface area contributed by atoms with Crippen molar-refractivity contribution >= 4 is 23.3 Å². The molecule has 10 heteroatoms. The van der Waals surface area contributed by atoms with Crippen LogP contribution < -0.4 is 10.5 Å². The highest BCUT2D eigenvalue weighted by Crippen LogP contribution is 2.29. The minimum atomic E-state index is -4.66. The highest BCUT2D eigenvalue weighted by Gasteiger charge is 2.32. The number of rotatable bonds is 3. The van der Waals surface area contributed by atoms with E-state index in [1.165, 1.54) is 4.90 Å². The molecule has 1 fully saturated rings. The first kappa shape index (κ1) is 19.2. The first-order valence-corrected chi connectivity index (χ1v) is 8.54. The smallest absolute Gasteiger partial charge is 0.353 e. The molecule has 0 aromatic carbocycles. The fourth-order valence-electron chi connectivity index (χ4n) is 2.84. The van der Waals surface area contributed by atoms with E-state index in [1.54, 1.807) is 12.3 Å². The van der Waals surface area contributed by atoms with Crippen LogP contribution in [0, 0.1) is 0 Å². The Hall–Kier alpha value is -2.55. The predicted octanol–water partition coefficient (Wildman–Crippen LogP) is 2.26. The Morgan fingerprint density at radius 1 is 1.19 bits per heavy atom. The predicted molar refractivity (Wildman–Crippen MR) is 93.7 cm³/mol. The SMILES string of the molecule is O=C(Cn1cc(C(F)(F)F)cc(Cl)c1=O)N1CCN(c2ccccn2)CC1. The van der Waals surface area contributed by atoms with E-state index < -0.39 is 34.8 Å². The third kappa shape index (κ3) is 4.41. The summed E-state index contributed by atoms with van der Waals surface area (Å²) in [7, 11) is 0. The summed E-state index contributed by atoms with van der Waals surface area (Å²) >= 11 is 5.61. The molecule has 1 aliphatic heterocycles. The molecule has 0 atom stereocenters. The number of alkyl halides is 3. The molecule has 3 heterocycles. The van der Waals surface area contributed by atoms with Gasteiger partial charge in [-0.2, -0.15) is 13.2 Å².